The molecule has 2 aromatic carbocycles. The molecule has 0 aliphatic heterocycles. The fourth-order valence-corrected chi connectivity index (χ4v) is 2.52. The molecule has 1 atom stereocenters. The van der Waals surface area contributed by atoms with Crippen molar-refractivity contribution in [3.8, 4) is 0 Å². The van der Waals surface area contributed by atoms with Gasteiger partial charge in [-0.15, -0.1) is 0 Å². The van der Waals surface area contributed by atoms with Crippen LogP contribution in [-0.4, -0.2) is 21.9 Å². The van der Waals surface area contributed by atoms with E-state index in [9.17, 15) is 18.0 Å². The van der Waals surface area contributed by atoms with Gasteiger partial charge in [0.05, 0.1) is 23.4 Å². The summed E-state index contributed by atoms with van der Waals surface area (Å²) in [7, 11) is 0. The van der Waals surface area contributed by atoms with Crippen LogP contribution in [0.5, 0.6) is 0 Å². The van der Waals surface area contributed by atoms with Crippen molar-refractivity contribution in [2.24, 2.45) is 0 Å². The molecule has 0 spiro atoms. The summed E-state index contributed by atoms with van der Waals surface area (Å²) in [6.07, 6.45) is -1.54. The summed E-state index contributed by atoms with van der Waals surface area (Å²) in [5, 5.41) is 2.30. The van der Waals surface area contributed by atoms with Crippen LogP contribution < -0.4 is 5.32 Å². The Hall–Kier alpha value is -2.83. The van der Waals surface area contributed by atoms with E-state index < -0.39 is 24.2 Å². The third kappa shape index (κ3) is 3.40. The number of hydrogen-bond donors (Lipinski definition) is 1. The van der Waals surface area contributed by atoms with E-state index in [1.807, 2.05) is 24.3 Å². The molecule has 1 N–H and O–H groups in total. The van der Waals surface area contributed by atoms with Gasteiger partial charge in [-0.05, 0) is 29.8 Å². The number of fused-ring (bicyclic) bond motifs is 1. The van der Waals surface area contributed by atoms with Crippen molar-refractivity contribution in [3.05, 3.63) is 66.2 Å². The van der Waals surface area contributed by atoms with Crippen LogP contribution in [0.3, 0.4) is 0 Å². The predicted octanol–water partition coefficient (Wildman–Crippen LogP) is 3.30. The lowest BCUT2D eigenvalue weighted by molar-refractivity contribution is -0.132. The maximum absolute atomic E-state index is 13.1. The molecular weight excluding hydrogens is 319 g/mol. The number of rotatable bonds is 5. The van der Waals surface area contributed by atoms with Crippen molar-refractivity contribution in [2.75, 3.05) is 0 Å². The molecule has 4 nitrogen and oxygen atoms in total. The van der Waals surface area contributed by atoms with Gasteiger partial charge >= 0.3 is 6.43 Å². The Morgan fingerprint density at radius 1 is 1.12 bits per heavy atom. The number of para-hydroxylation sites is 2. The van der Waals surface area contributed by atoms with Crippen molar-refractivity contribution in [1.82, 2.24) is 14.9 Å². The molecule has 7 heteroatoms. The van der Waals surface area contributed by atoms with Crippen LogP contribution in [0.2, 0.25) is 0 Å². The molecule has 124 valence electrons. The highest BCUT2D eigenvalue weighted by Crippen LogP contribution is 2.20. The Labute approximate surface area is 135 Å². The lowest BCUT2D eigenvalue weighted by Gasteiger charge is -2.20. The number of imidazole rings is 1. The zero-order valence-corrected chi connectivity index (χ0v) is 12.5. The third-order valence-corrected chi connectivity index (χ3v) is 3.69. The highest BCUT2D eigenvalue weighted by molar-refractivity contribution is 5.79. The van der Waals surface area contributed by atoms with E-state index in [-0.39, 0.29) is 6.54 Å². The van der Waals surface area contributed by atoms with E-state index in [1.165, 1.54) is 24.3 Å². The first-order chi connectivity index (χ1) is 11.5. The molecule has 0 fully saturated rings. The van der Waals surface area contributed by atoms with Gasteiger partial charge in [0.2, 0.25) is 0 Å². The summed E-state index contributed by atoms with van der Waals surface area (Å²) in [5.74, 6) is -1.81. The first-order valence-electron chi connectivity index (χ1n) is 7.28. The van der Waals surface area contributed by atoms with Crippen LogP contribution in [0.4, 0.5) is 13.2 Å². The molecule has 0 saturated heterocycles. The number of halogens is 3. The predicted molar refractivity (Wildman–Crippen MR) is 83.0 cm³/mol. The van der Waals surface area contributed by atoms with Crippen molar-refractivity contribution in [3.63, 3.8) is 0 Å². The van der Waals surface area contributed by atoms with Crippen LogP contribution in [0.25, 0.3) is 11.0 Å². The second-order valence-corrected chi connectivity index (χ2v) is 5.30. The second kappa shape index (κ2) is 6.74. The standard InChI is InChI=1S/C17H14F3N3O/c18-12-7-5-11(6-8-12)14(22-17(24)16(19)20)9-23-10-21-13-3-1-2-4-15(13)23/h1-8,10,14,16H,9H2,(H,22,24)/t14-/m1/s1. The quantitative estimate of drug-likeness (QED) is 0.779. The largest absolute Gasteiger partial charge is 0.343 e. The molecule has 24 heavy (non-hydrogen) atoms. The lowest BCUT2D eigenvalue weighted by Crippen LogP contribution is -2.35. The molecule has 0 saturated carbocycles. The first-order valence-corrected chi connectivity index (χ1v) is 7.28. The fourth-order valence-electron chi connectivity index (χ4n) is 2.52. The Kier molecular flexibility index (Phi) is 4.50. The molecule has 3 aromatic rings. The molecule has 0 aliphatic carbocycles. The van der Waals surface area contributed by atoms with Gasteiger partial charge in [-0.3, -0.25) is 4.79 Å². The molecular formula is C17H14F3N3O. The average molecular weight is 333 g/mol. The van der Waals surface area contributed by atoms with Crippen LogP contribution in [0.1, 0.15) is 11.6 Å². The SMILES string of the molecule is O=C(N[C@H](Cn1cnc2ccccc21)c1ccc(F)cc1)C(F)F. The highest BCUT2D eigenvalue weighted by Gasteiger charge is 2.22. The number of nitrogens with one attached hydrogen (secondary N) is 1. The van der Waals surface area contributed by atoms with Crippen LogP contribution in [0.15, 0.2) is 54.9 Å². The zero-order valence-electron chi connectivity index (χ0n) is 12.5. The number of nitrogens with zero attached hydrogens (tertiary/aromatic N) is 2. The average Bonchev–Trinajstić information content (AvgIpc) is 2.98. The Morgan fingerprint density at radius 3 is 2.54 bits per heavy atom. The topological polar surface area (TPSA) is 46.9 Å². The first kappa shape index (κ1) is 16.0. The van der Waals surface area contributed by atoms with Crippen LogP contribution in [0, 0.1) is 5.82 Å². The summed E-state index contributed by atoms with van der Waals surface area (Å²) < 4.78 is 40.1. The Balaban J connectivity index is 1.91. The molecule has 0 unspecified atom stereocenters. The number of carbonyl (C=O) groups is 1. The second-order valence-electron chi connectivity index (χ2n) is 5.30. The summed E-state index contributed by atoms with van der Waals surface area (Å²) in [5.41, 5.74) is 2.11. The van der Waals surface area contributed by atoms with Gasteiger partial charge in [0.15, 0.2) is 0 Å². The van der Waals surface area contributed by atoms with Gasteiger partial charge in [-0.25, -0.2) is 9.37 Å². The molecule has 1 heterocycles. The number of benzene rings is 2. The van der Waals surface area contributed by atoms with Crippen LogP contribution >= 0.6 is 0 Å². The van der Waals surface area contributed by atoms with Gasteiger partial charge in [0.25, 0.3) is 5.91 Å². The van der Waals surface area contributed by atoms with E-state index in [1.54, 1.807) is 10.9 Å². The number of amides is 1. The highest BCUT2D eigenvalue weighted by atomic mass is 19.3. The van der Waals surface area contributed by atoms with Crippen molar-refractivity contribution in [2.45, 2.75) is 19.0 Å². The van der Waals surface area contributed by atoms with E-state index in [4.69, 9.17) is 0 Å². The van der Waals surface area contributed by atoms with E-state index in [0.717, 1.165) is 11.0 Å². The summed E-state index contributed by atoms with van der Waals surface area (Å²) in [4.78, 5) is 15.7. The summed E-state index contributed by atoms with van der Waals surface area (Å²) >= 11 is 0. The number of carbonyl (C=O) groups excluding carboxylic acids is 1. The monoisotopic (exact) mass is 333 g/mol. The van der Waals surface area contributed by atoms with Gasteiger partial charge in [0.1, 0.15) is 5.82 Å². The molecule has 3 rings (SSSR count). The molecule has 0 aliphatic rings. The Morgan fingerprint density at radius 2 is 1.83 bits per heavy atom. The normalized spacial score (nSPS) is 12.5. The Bertz CT molecular complexity index is 846. The summed E-state index contributed by atoms with van der Waals surface area (Å²) in [6.45, 7) is 0.199. The molecule has 1 amide bonds. The van der Waals surface area contributed by atoms with Gasteiger partial charge < -0.3 is 9.88 Å². The maximum Gasteiger partial charge on any atom is 0.315 e. The minimum atomic E-state index is -3.12. The van der Waals surface area contributed by atoms with E-state index >= 15 is 0 Å². The lowest BCUT2D eigenvalue weighted by atomic mass is 10.1. The van der Waals surface area contributed by atoms with Crippen molar-refractivity contribution < 1.29 is 18.0 Å². The molecule has 0 bridgehead atoms. The molecule has 0 radical (unpaired) electrons. The number of aromatic nitrogens is 2. The molecule has 1 aromatic heterocycles. The fraction of sp³-hybridized carbons (Fsp3) is 0.176. The number of alkyl halides is 2. The number of hydrogen-bond acceptors (Lipinski definition) is 2. The van der Waals surface area contributed by atoms with Gasteiger partial charge in [0, 0.05) is 6.54 Å². The van der Waals surface area contributed by atoms with Gasteiger partial charge in [-0.2, -0.15) is 8.78 Å². The van der Waals surface area contributed by atoms with Crippen LogP contribution in [-0.2, 0) is 11.3 Å². The smallest absolute Gasteiger partial charge is 0.315 e. The zero-order chi connectivity index (χ0) is 17.1. The van der Waals surface area contributed by atoms with Crippen molar-refractivity contribution in [1.29, 1.82) is 0 Å². The van der Waals surface area contributed by atoms with E-state index in [0.29, 0.717) is 5.56 Å². The summed E-state index contributed by atoms with van der Waals surface area (Å²) in [6, 6.07) is 12.0. The minimum Gasteiger partial charge on any atom is -0.343 e. The van der Waals surface area contributed by atoms with Gasteiger partial charge in [-0.1, -0.05) is 24.3 Å². The third-order valence-electron chi connectivity index (χ3n) is 3.69. The van der Waals surface area contributed by atoms with Crippen molar-refractivity contribution >= 4 is 16.9 Å². The van der Waals surface area contributed by atoms with E-state index in [2.05, 4.69) is 10.3 Å². The maximum atomic E-state index is 13.1. The minimum absolute atomic E-state index is 0.199.